The first-order valence-corrected chi connectivity index (χ1v) is 13.4. The molecule has 1 atom stereocenters. The molecule has 40 heavy (non-hydrogen) atoms. The van der Waals surface area contributed by atoms with Crippen LogP contribution >= 0.6 is 11.8 Å². The number of anilines is 1. The number of aliphatic imine (C=N–C) groups is 1. The fraction of sp³-hybridized carbons (Fsp3) is 0.276. The quantitative estimate of drug-likeness (QED) is 0.325. The maximum absolute atomic E-state index is 13.3. The van der Waals surface area contributed by atoms with Crippen LogP contribution in [0.2, 0.25) is 0 Å². The van der Waals surface area contributed by atoms with Gasteiger partial charge in [0.25, 0.3) is 0 Å². The Kier molecular flexibility index (Phi) is 9.36. The average molecular weight is 572 g/mol. The van der Waals surface area contributed by atoms with Crippen LogP contribution in [0.3, 0.4) is 0 Å². The number of halogens is 3. The first-order valence-electron chi connectivity index (χ1n) is 12.6. The van der Waals surface area contributed by atoms with Crippen molar-refractivity contribution in [3.63, 3.8) is 0 Å². The Morgan fingerprint density at radius 2 is 1.77 bits per heavy atom. The van der Waals surface area contributed by atoms with Gasteiger partial charge in [0.1, 0.15) is 16.7 Å². The Morgan fingerprint density at radius 3 is 2.42 bits per heavy atom. The van der Waals surface area contributed by atoms with E-state index in [2.05, 4.69) is 10.3 Å². The molecule has 1 aliphatic heterocycles. The smallest absolute Gasteiger partial charge is 0.416 e. The third-order valence-corrected chi connectivity index (χ3v) is 7.23. The van der Waals surface area contributed by atoms with Crippen molar-refractivity contribution in [1.29, 1.82) is 0 Å². The van der Waals surface area contributed by atoms with Crippen molar-refractivity contribution >= 4 is 40.1 Å². The SMILES string of the molecule is CCOc1ccc(NC(=O)C2CC(=O)N(CCc3ccc(OC)cc3)C(=Nc3cccc(C(F)(F)F)c3)S2)cc1. The van der Waals surface area contributed by atoms with Gasteiger partial charge in [-0.15, -0.1) is 0 Å². The number of thioether (sulfide) groups is 1. The fourth-order valence-corrected chi connectivity index (χ4v) is 5.11. The van der Waals surface area contributed by atoms with Gasteiger partial charge in [0, 0.05) is 18.7 Å². The summed E-state index contributed by atoms with van der Waals surface area (Å²) in [6.45, 7) is 2.62. The maximum atomic E-state index is 13.3. The lowest BCUT2D eigenvalue weighted by Crippen LogP contribution is -2.46. The van der Waals surface area contributed by atoms with Crippen molar-refractivity contribution in [2.45, 2.75) is 31.2 Å². The lowest BCUT2D eigenvalue weighted by Gasteiger charge is -2.32. The molecule has 3 aromatic rings. The second-order valence-electron chi connectivity index (χ2n) is 8.84. The van der Waals surface area contributed by atoms with Crippen molar-refractivity contribution in [3.05, 3.63) is 83.9 Å². The van der Waals surface area contributed by atoms with E-state index < -0.39 is 22.9 Å². The molecule has 1 unspecified atom stereocenters. The third-order valence-electron chi connectivity index (χ3n) is 6.05. The van der Waals surface area contributed by atoms with Gasteiger partial charge in [-0.2, -0.15) is 13.2 Å². The molecule has 1 saturated heterocycles. The molecule has 0 aliphatic carbocycles. The summed E-state index contributed by atoms with van der Waals surface area (Å²) in [6.07, 6.45) is -4.15. The molecule has 0 aromatic heterocycles. The molecule has 4 rings (SSSR count). The number of nitrogens with one attached hydrogen (secondary N) is 1. The highest BCUT2D eigenvalue weighted by Crippen LogP contribution is 2.34. The Morgan fingerprint density at radius 1 is 1.07 bits per heavy atom. The van der Waals surface area contributed by atoms with E-state index in [-0.39, 0.29) is 29.7 Å². The molecule has 1 fully saturated rings. The van der Waals surface area contributed by atoms with Gasteiger partial charge in [-0.3, -0.25) is 14.5 Å². The van der Waals surface area contributed by atoms with Gasteiger partial charge in [-0.25, -0.2) is 4.99 Å². The number of hydrogen-bond donors (Lipinski definition) is 1. The largest absolute Gasteiger partial charge is 0.497 e. The Labute approximate surface area is 234 Å². The highest BCUT2D eigenvalue weighted by molar-refractivity contribution is 8.15. The number of nitrogens with zero attached hydrogens (tertiary/aromatic N) is 2. The van der Waals surface area contributed by atoms with Gasteiger partial charge in [0.15, 0.2) is 5.17 Å². The van der Waals surface area contributed by atoms with Crippen molar-refractivity contribution in [3.8, 4) is 11.5 Å². The molecule has 1 heterocycles. The van der Waals surface area contributed by atoms with E-state index in [0.717, 1.165) is 29.5 Å². The van der Waals surface area contributed by atoms with E-state index in [0.29, 0.717) is 30.2 Å². The molecule has 1 N–H and O–H groups in total. The number of rotatable bonds is 9. The molecule has 11 heteroatoms. The summed E-state index contributed by atoms with van der Waals surface area (Å²) in [5, 5.41) is 2.14. The Balaban J connectivity index is 1.56. The number of hydrogen-bond acceptors (Lipinski definition) is 6. The predicted octanol–water partition coefficient (Wildman–Crippen LogP) is 6.32. The Bertz CT molecular complexity index is 1360. The minimum atomic E-state index is -4.54. The van der Waals surface area contributed by atoms with Crippen LogP contribution in [0.4, 0.5) is 24.5 Å². The number of alkyl halides is 3. The van der Waals surface area contributed by atoms with Gasteiger partial charge < -0.3 is 14.8 Å². The number of benzene rings is 3. The number of carbonyl (C=O) groups excluding carboxylic acids is 2. The van der Waals surface area contributed by atoms with E-state index in [4.69, 9.17) is 9.47 Å². The lowest BCUT2D eigenvalue weighted by atomic mass is 10.1. The molecule has 210 valence electrons. The van der Waals surface area contributed by atoms with Crippen molar-refractivity contribution < 1.29 is 32.2 Å². The van der Waals surface area contributed by atoms with E-state index >= 15 is 0 Å². The van der Waals surface area contributed by atoms with Crippen molar-refractivity contribution in [1.82, 2.24) is 4.90 Å². The summed E-state index contributed by atoms with van der Waals surface area (Å²) in [7, 11) is 1.57. The molecule has 0 spiro atoms. The zero-order chi connectivity index (χ0) is 28.7. The summed E-state index contributed by atoms with van der Waals surface area (Å²) in [4.78, 5) is 32.2. The van der Waals surface area contributed by atoms with Crippen LogP contribution in [0.1, 0.15) is 24.5 Å². The second-order valence-corrected chi connectivity index (χ2v) is 10.0. The van der Waals surface area contributed by atoms with Gasteiger partial charge in [-0.05, 0) is 73.5 Å². The van der Waals surface area contributed by atoms with Gasteiger partial charge >= 0.3 is 6.18 Å². The summed E-state index contributed by atoms with van der Waals surface area (Å²) in [6, 6.07) is 18.7. The lowest BCUT2D eigenvalue weighted by molar-refractivity contribution is -0.137. The van der Waals surface area contributed by atoms with Crippen LogP contribution in [0.25, 0.3) is 0 Å². The minimum absolute atomic E-state index is 0.0344. The normalized spacial score (nSPS) is 16.6. The van der Waals surface area contributed by atoms with E-state index in [1.807, 2.05) is 19.1 Å². The molecule has 7 nitrogen and oxygen atoms in total. The van der Waals surface area contributed by atoms with E-state index in [1.165, 1.54) is 17.0 Å². The fourth-order valence-electron chi connectivity index (χ4n) is 3.98. The zero-order valence-corrected chi connectivity index (χ0v) is 22.7. The van der Waals surface area contributed by atoms with Crippen LogP contribution in [-0.2, 0) is 22.2 Å². The average Bonchev–Trinajstić information content (AvgIpc) is 2.93. The maximum Gasteiger partial charge on any atom is 0.416 e. The molecule has 3 aromatic carbocycles. The van der Waals surface area contributed by atoms with Crippen LogP contribution in [0, 0.1) is 0 Å². The van der Waals surface area contributed by atoms with Gasteiger partial charge in [0.2, 0.25) is 11.8 Å². The van der Waals surface area contributed by atoms with Crippen LogP contribution in [0.15, 0.2) is 77.8 Å². The van der Waals surface area contributed by atoms with Crippen molar-refractivity contribution in [2.75, 3.05) is 25.6 Å². The standard InChI is InChI=1S/C29H28F3N3O4S/c1-3-39-24-13-9-21(10-14-24)33-27(37)25-18-26(36)35(16-15-19-7-11-23(38-2)12-8-19)28(40-25)34-22-6-4-5-20(17-22)29(30,31)32/h4-14,17,25H,3,15-16,18H2,1-2H3,(H,33,37). The van der Waals surface area contributed by atoms with Gasteiger partial charge in [-0.1, -0.05) is 30.0 Å². The number of ether oxygens (including phenoxy) is 2. The van der Waals surface area contributed by atoms with Crippen molar-refractivity contribution in [2.24, 2.45) is 4.99 Å². The first kappa shape index (κ1) is 29.0. The number of carbonyl (C=O) groups is 2. The molecule has 0 radical (unpaired) electrons. The number of amides is 2. The first-order chi connectivity index (χ1) is 19.2. The minimum Gasteiger partial charge on any atom is -0.497 e. The summed E-state index contributed by atoms with van der Waals surface area (Å²) in [5.74, 6) is 0.603. The molecule has 2 amide bonds. The molecule has 1 aliphatic rings. The number of methoxy groups -OCH3 is 1. The van der Waals surface area contributed by atoms with Crippen LogP contribution in [0.5, 0.6) is 11.5 Å². The molecular weight excluding hydrogens is 543 g/mol. The van der Waals surface area contributed by atoms with E-state index in [1.54, 1.807) is 43.5 Å². The molecule has 0 bridgehead atoms. The highest BCUT2D eigenvalue weighted by atomic mass is 32.2. The topological polar surface area (TPSA) is 80.2 Å². The van der Waals surface area contributed by atoms with Crippen LogP contribution < -0.4 is 14.8 Å². The predicted molar refractivity (Wildman–Crippen MR) is 149 cm³/mol. The Hall–Kier alpha value is -3.99. The monoisotopic (exact) mass is 571 g/mol. The van der Waals surface area contributed by atoms with Crippen LogP contribution in [-0.4, -0.2) is 47.4 Å². The van der Waals surface area contributed by atoms with E-state index in [9.17, 15) is 22.8 Å². The molecular formula is C29H28F3N3O4S. The highest BCUT2D eigenvalue weighted by Gasteiger charge is 2.36. The molecule has 0 saturated carbocycles. The third kappa shape index (κ3) is 7.56. The summed E-state index contributed by atoms with van der Waals surface area (Å²) < 4.78 is 50.5. The number of amidine groups is 1. The summed E-state index contributed by atoms with van der Waals surface area (Å²) in [5.41, 5.74) is 0.649. The zero-order valence-electron chi connectivity index (χ0n) is 21.9. The summed E-state index contributed by atoms with van der Waals surface area (Å²) >= 11 is 1.05. The van der Waals surface area contributed by atoms with Gasteiger partial charge in [0.05, 0.1) is 25.0 Å². The second kappa shape index (κ2) is 12.9.